The molecule has 1 aromatic carbocycles. The van der Waals surface area contributed by atoms with Crippen molar-refractivity contribution >= 4 is 5.91 Å². The SMILES string of the molecule is CCCN(C(=O)c1c(O)cccc1F)C1CNC1. The van der Waals surface area contributed by atoms with Gasteiger partial charge in [-0.3, -0.25) is 4.79 Å². The summed E-state index contributed by atoms with van der Waals surface area (Å²) in [5.41, 5.74) is -0.224. The maximum atomic E-state index is 13.7. The normalized spacial score (nSPS) is 15.2. The van der Waals surface area contributed by atoms with Crippen molar-refractivity contribution in [1.82, 2.24) is 10.2 Å². The van der Waals surface area contributed by atoms with Crippen LogP contribution in [0.15, 0.2) is 18.2 Å². The van der Waals surface area contributed by atoms with Crippen LogP contribution in [0, 0.1) is 5.82 Å². The number of carbonyl (C=O) groups excluding carboxylic acids is 1. The van der Waals surface area contributed by atoms with Gasteiger partial charge in [-0.25, -0.2) is 4.39 Å². The van der Waals surface area contributed by atoms with Gasteiger partial charge in [0, 0.05) is 19.6 Å². The maximum Gasteiger partial charge on any atom is 0.260 e. The Labute approximate surface area is 105 Å². The summed E-state index contributed by atoms with van der Waals surface area (Å²) in [4.78, 5) is 13.9. The molecular weight excluding hydrogens is 235 g/mol. The maximum absolute atomic E-state index is 13.7. The van der Waals surface area contributed by atoms with Crippen LogP contribution in [0.1, 0.15) is 23.7 Å². The first kappa shape index (κ1) is 12.8. The molecule has 1 fully saturated rings. The predicted octanol–water partition coefficient (Wildman–Crippen LogP) is 1.36. The molecule has 0 radical (unpaired) electrons. The molecule has 1 aliphatic rings. The van der Waals surface area contributed by atoms with Crippen LogP contribution in [0.5, 0.6) is 5.75 Å². The molecule has 5 heteroatoms. The van der Waals surface area contributed by atoms with Gasteiger partial charge in [0.1, 0.15) is 17.1 Å². The minimum absolute atomic E-state index is 0.0939. The smallest absolute Gasteiger partial charge is 0.260 e. The Morgan fingerprint density at radius 3 is 2.78 bits per heavy atom. The van der Waals surface area contributed by atoms with Crippen molar-refractivity contribution in [1.29, 1.82) is 0 Å². The number of hydrogen-bond acceptors (Lipinski definition) is 3. The number of phenols is 1. The summed E-state index contributed by atoms with van der Waals surface area (Å²) in [6.45, 7) is 3.98. The lowest BCUT2D eigenvalue weighted by molar-refractivity contribution is 0.0608. The number of rotatable bonds is 4. The second kappa shape index (κ2) is 5.35. The zero-order valence-corrected chi connectivity index (χ0v) is 10.3. The van der Waals surface area contributed by atoms with Crippen molar-refractivity contribution in [2.24, 2.45) is 0 Å². The highest BCUT2D eigenvalue weighted by molar-refractivity contribution is 5.97. The Bertz CT molecular complexity index is 426. The van der Waals surface area contributed by atoms with Crippen molar-refractivity contribution in [2.45, 2.75) is 19.4 Å². The number of halogens is 1. The molecule has 98 valence electrons. The zero-order chi connectivity index (χ0) is 13.1. The van der Waals surface area contributed by atoms with E-state index < -0.39 is 11.7 Å². The highest BCUT2D eigenvalue weighted by Crippen LogP contribution is 2.23. The van der Waals surface area contributed by atoms with Gasteiger partial charge in [-0.15, -0.1) is 0 Å². The number of nitrogens with zero attached hydrogens (tertiary/aromatic N) is 1. The summed E-state index contributed by atoms with van der Waals surface area (Å²) in [5.74, 6) is -1.40. The minimum atomic E-state index is -0.673. The fourth-order valence-corrected chi connectivity index (χ4v) is 2.05. The quantitative estimate of drug-likeness (QED) is 0.850. The lowest BCUT2D eigenvalue weighted by Gasteiger charge is -2.38. The average molecular weight is 252 g/mol. The molecule has 0 spiro atoms. The van der Waals surface area contributed by atoms with Gasteiger partial charge in [0.2, 0.25) is 0 Å². The summed E-state index contributed by atoms with van der Waals surface area (Å²) >= 11 is 0. The first-order valence-electron chi connectivity index (χ1n) is 6.14. The van der Waals surface area contributed by atoms with E-state index in [4.69, 9.17) is 0 Å². The van der Waals surface area contributed by atoms with Crippen molar-refractivity contribution < 1.29 is 14.3 Å². The number of hydrogen-bond donors (Lipinski definition) is 2. The molecule has 0 atom stereocenters. The van der Waals surface area contributed by atoms with Crippen molar-refractivity contribution in [3.05, 3.63) is 29.6 Å². The molecule has 4 nitrogen and oxygen atoms in total. The van der Waals surface area contributed by atoms with Crippen LogP contribution in [-0.4, -0.2) is 41.6 Å². The number of aromatic hydroxyl groups is 1. The van der Waals surface area contributed by atoms with Crippen LogP contribution >= 0.6 is 0 Å². The van der Waals surface area contributed by atoms with Crippen molar-refractivity contribution in [3.63, 3.8) is 0 Å². The van der Waals surface area contributed by atoms with E-state index in [9.17, 15) is 14.3 Å². The van der Waals surface area contributed by atoms with Gasteiger partial charge in [-0.1, -0.05) is 13.0 Å². The number of phenolic OH excluding ortho intramolecular Hbond substituents is 1. The molecule has 18 heavy (non-hydrogen) atoms. The number of amides is 1. The average Bonchev–Trinajstić information content (AvgIpc) is 2.25. The summed E-state index contributed by atoms with van der Waals surface area (Å²) < 4.78 is 13.7. The van der Waals surface area contributed by atoms with E-state index in [1.54, 1.807) is 4.90 Å². The van der Waals surface area contributed by atoms with Crippen LogP contribution < -0.4 is 5.32 Å². The summed E-state index contributed by atoms with van der Waals surface area (Å²) in [5, 5.41) is 12.7. The topological polar surface area (TPSA) is 52.6 Å². The highest BCUT2D eigenvalue weighted by atomic mass is 19.1. The predicted molar refractivity (Wildman–Crippen MR) is 66.1 cm³/mol. The second-order valence-electron chi connectivity index (χ2n) is 4.44. The van der Waals surface area contributed by atoms with E-state index in [1.165, 1.54) is 18.2 Å². The molecule has 0 saturated carbocycles. The first-order valence-corrected chi connectivity index (χ1v) is 6.14. The highest BCUT2D eigenvalue weighted by Gasteiger charge is 2.31. The van der Waals surface area contributed by atoms with Crippen LogP contribution in [0.2, 0.25) is 0 Å². The van der Waals surface area contributed by atoms with E-state index >= 15 is 0 Å². The molecule has 0 aliphatic carbocycles. The molecule has 1 aliphatic heterocycles. The second-order valence-corrected chi connectivity index (χ2v) is 4.44. The minimum Gasteiger partial charge on any atom is -0.507 e. The van der Waals surface area contributed by atoms with Crippen LogP contribution in [0.4, 0.5) is 4.39 Å². The molecule has 0 bridgehead atoms. The molecular formula is C13H17FN2O2. The number of carbonyl (C=O) groups is 1. The van der Waals surface area contributed by atoms with Gasteiger partial charge in [0.25, 0.3) is 5.91 Å². The van der Waals surface area contributed by atoms with Gasteiger partial charge in [-0.2, -0.15) is 0 Å². The van der Waals surface area contributed by atoms with Gasteiger partial charge in [0.15, 0.2) is 0 Å². The Balaban J connectivity index is 2.27. The first-order chi connectivity index (χ1) is 8.65. The molecule has 1 aromatic rings. The van der Waals surface area contributed by atoms with Gasteiger partial charge >= 0.3 is 0 Å². The van der Waals surface area contributed by atoms with Crippen molar-refractivity contribution in [3.8, 4) is 5.75 Å². The van der Waals surface area contributed by atoms with Crippen LogP contribution in [0.3, 0.4) is 0 Å². The lowest BCUT2D eigenvalue weighted by atomic mass is 10.1. The van der Waals surface area contributed by atoms with Crippen molar-refractivity contribution in [2.75, 3.05) is 19.6 Å². The molecule has 0 unspecified atom stereocenters. The van der Waals surface area contributed by atoms with E-state index in [-0.39, 0.29) is 17.4 Å². The number of nitrogens with one attached hydrogen (secondary N) is 1. The third kappa shape index (κ3) is 2.31. The van der Waals surface area contributed by atoms with E-state index in [0.29, 0.717) is 6.54 Å². The zero-order valence-electron chi connectivity index (χ0n) is 10.3. The monoisotopic (exact) mass is 252 g/mol. The summed E-state index contributed by atoms with van der Waals surface area (Å²) in [6, 6.07) is 4.00. The van der Waals surface area contributed by atoms with Gasteiger partial charge in [0.05, 0.1) is 6.04 Å². The summed E-state index contributed by atoms with van der Waals surface area (Å²) in [6.07, 6.45) is 0.803. The lowest BCUT2D eigenvalue weighted by Crippen LogP contribution is -2.59. The third-order valence-electron chi connectivity index (χ3n) is 3.13. The molecule has 2 rings (SSSR count). The Morgan fingerprint density at radius 2 is 2.28 bits per heavy atom. The Morgan fingerprint density at radius 1 is 1.56 bits per heavy atom. The fraction of sp³-hybridized carbons (Fsp3) is 0.462. The van der Waals surface area contributed by atoms with E-state index in [0.717, 1.165) is 19.5 Å². The Kier molecular flexibility index (Phi) is 3.81. The van der Waals surface area contributed by atoms with E-state index in [1.807, 2.05) is 6.92 Å². The largest absolute Gasteiger partial charge is 0.507 e. The molecule has 1 heterocycles. The van der Waals surface area contributed by atoms with Crippen LogP contribution in [-0.2, 0) is 0 Å². The van der Waals surface area contributed by atoms with E-state index in [2.05, 4.69) is 5.32 Å². The molecule has 1 saturated heterocycles. The molecule has 0 aromatic heterocycles. The third-order valence-corrected chi connectivity index (χ3v) is 3.13. The standard InChI is InChI=1S/C13H17FN2O2/c1-2-6-16(9-7-15-8-9)13(18)12-10(14)4-3-5-11(12)17/h3-5,9,15,17H,2,6-8H2,1H3. The Hall–Kier alpha value is -1.62. The summed E-state index contributed by atoms with van der Waals surface area (Å²) in [7, 11) is 0. The van der Waals surface area contributed by atoms with Gasteiger partial charge < -0.3 is 15.3 Å². The molecule has 1 amide bonds. The molecule has 2 N–H and O–H groups in total. The fourth-order valence-electron chi connectivity index (χ4n) is 2.05. The number of benzene rings is 1. The van der Waals surface area contributed by atoms with Crippen LogP contribution in [0.25, 0.3) is 0 Å². The van der Waals surface area contributed by atoms with Gasteiger partial charge in [-0.05, 0) is 18.6 Å².